The fraction of sp³-hybridized carbons (Fsp3) is 0.545. The second-order valence-corrected chi connectivity index (χ2v) is 8.09. The van der Waals surface area contributed by atoms with Crippen molar-refractivity contribution in [2.75, 3.05) is 56.0 Å². The van der Waals surface area contributed by atoms with Gasteiger partial charge in [0.05, 0.1) is 17.8 Å². The van der Waals surface area contributed by atoms with Gasteiger partial charge in [-0.1, -0.05) is 6.92 Å². The first-order chi connectivity index (χ1) is 16.4. The van der Waals surface area contributed by atoms with Crippen molar-refractivity contribution >= 4 is 35.1 Å². The number of nitrogens with one attached hydrogen (secondary N) is 1. The number of halogens is 3. The van der Waals surface area contributed by atoms with Gasteiger partial charge in [-0.15, -0.1) is 0 Å². The van der Waals surface area contributed by atoms with Crippen LogP contribution in [0.2, 0.25) is 0 Å². The van der Waals surface area contributed by atoms with Gasteiger partial charge in [-0.2, -0.15) is 13.2 Å². The maximum absolute atomic E-state index is 12.3. The predicted molar refractivity (Wildman–Crippen MR) is 120 cm³/mol. The third kappa shape index (κ3) is 8.42. The quantitative estimate of drug-likeness (QED) is 0.539. The van der Waals surface area contributed by atoms with Gasteiger partial charge in [-0.05, 0) is 31.0 Å². The summed E-state index contributed by atoms with van der Waals surface area (Å²) in [5.41, 5.74) is 1.31. The van der Waals surface area contributed by atoms with E-state index in [0.29, 0.717) is 50.5 Å². The first-order valence-corrected chi connectivity index (χ1v) is 11.1. The summed E-state index contributed by atoms with van der Waals surface area (Å²) in [7, 11) is 0. The molecule has 2 saturated heterocycles. The van der Waals surface area contributed by atoms with Gasteiger partial charge in [0.1, 0.15) is 0 Å². The minimum absolute atomic E-state index is 0.152. The summed E-state index contributed by atoms with van der Waals surface area (Å²) >= 11 is 0. The Bertz CT molecular complexity index is 926. The molecule has 3 N–H and O–H groups in total. The Balaban J connectivity index is 0.000000540. The Hall–Kier alpha value is -3.35. The number of alkyl halides is 3. The van der Waals surface area contributed by atoms with Crippen LogP contribution in [0.5, 0.6) is 0 Å². The lowest BCUT2D eigenvalue weighted by molar-refractivity contribution is -0.192. The predicted octanol–water partition coefficient (Wildman–Crippen LogP) is 2.11. The highest BCUT2D eigenvalue weighted by atomic mass is 19.4. The summed E-state index contributed by atoms with van der Waals surface area (Å²) in [5, 5.41) is 19.4. The van der Waals surface area contributed by atoms with Crippen molar-refractivity contribution in [3.63, 3.8) is 0 Å². The maximum Gasteiger partial charge on any atom is 0.490 e. The standard InChI is InChI=1S/C20H28N4O4.C2HF3O2/c1-2-18(25)21-15-5-6-17(16(13-15)20(27)28)23-11-9-22(10-12-23)14-19(26)24-7-3-4-8-24;3-2(4,5)1(6)7/h5-6,13H,2-4,7-12,14H2,1H3,(H,21,25)(H,27,28);(H,6,7). The third-order valence-corrected chi connectivity index (χ3v) is 5.60. The van der Waals surface area contributed by atoms with Crippen molar-refractivity contribution in [3.05, 3.63) is 23.8 Å². The molecule has 0 bridgehead atoms. The normalized spacial score (nSPS) is 16.3. The highest BCUT2D eigenvalue weighted by molar-refractivity contribution is 5.98. The molecule has 13 heteroatoms. The van der Waals surface area contributed by atoms with Crippen molar-refractivity contribution in [1.29, 1.82) is 0 Å². The zero-order valence-electron chi connectivity index (χ0n) is 19.3. The number of amides is 2. The summed E-state index contributed by atoms with van der Waals surface area (Å²) < 4.78 is 31.7. The smallest absolute Gasteiger partial charge is 0.478 e. The van der Waals surface area contributed by atoms with Gasteiger partial charge in [0, 0.05) is 51.4 Å². The number of rotatable bonds is 6. The number of nitrogens with zero attached hydrogens (tertiary/aromatic N) is 3. The molecule has 0 atom stereocenters. The van der Waals surface area contributed by atoms with E-state index in [2.05, 4.69) is 10.2 Å². The third-order valence-electron chi connectivity index (χ3n) is 5.60. The molecule has 2 amide bonds. The summed E-state index contributed by atoms with van der Waals surface area (Å²) in [6.07, 6.45) is -2.57. The molecule has 0 spiro atoms. The van der Waals surface area contributed by atoms with Gasteiger partial charge in [-0.3, -0.25) is 14.5 Å². The van der Waals surface area contributed by atoms with Crippen molar-refractivity contribution in [3.8, 4) is 0 Å². The van der Waals surface area contributed by atoms with Crippen molar-refractivity contribution in [1.82, 2.24) is 9.80 Å². The number of benzene rings is 1. The number of aliphatic carboxylic acids is 1. The molecular formula is C22H29F3N4O6. The summed E-state index contributed by atoms with van der Waals surface area (Å²) in [5.74, 6) is -3.74. The minimum atomic E-state index is -5.08. The highest BCUT2D eigenvalue weighted by Gasteiger charge is 2.38. The lowest BCUT2D eigenvalue weighted by atomic mass is 10.1. The van der Waals surface area contributed by atoms with Crippen molar-refractivity contribution in [2.45, 2.75) is 32.4 Å². The average Bonchev–Trinajstić information content (AvgIpc) is 3.34. The summed E-state index contributed by atoms with van der Waals surface area (Å²) in [6.45, 7) is 6.66. The van der Waals surface area contributed by atoms with E-state index in [1.165, 1.54) is 6.07 Å². The Morgan fingerprint density at radius 3 is 2.03 bits per heavy atom. The minimum Gasteiger partial charge on any atom is -0.478 e. The van der Waals surface area contributed by atoms with E-state index in [9.17, 15) is 32.7 Å². The monoisotopic (exact) mass is 502 g/mol. The van der Waals surface area contributed by atoms with Gasteiger partial charge < -0.3 is 25.3 Å². The Labute approximate surface area is 200 Å². The summed E-state index contributed by atoms with van der Waals surface area (Å²) in [6, 6.07) is 4.99. The van der Waals surface area contributed by atoms with Crippen LogP contribution >= 0.6 is 0 Å². The first-order valence-electron chi connectivity index (χ1n) is 11.1. The zero-order valence-corrected chi connectivity index (χ0v) is 19.3. The van der Waals surface area contributed by atoms with E-state index in [-0.39, 0.29) is 17.4 Å². The zero-order chi connectivity index (χ0) is 26.2. The molecule has 35 heavy (non-hydrogen) atoms. The first kappa shape index (κ1) is 27.9. The van der Waals surface area contributed by atoms with Gasteiger partial charge in [0.25, 0.3) is 0 Å². The van der Waals surface area contributed by atoms with Crippen molar-refractivity contribution in [2.24, 2.45) is 0 Å². The molecule has 2 fully saturated rings. The number of likely N-dealkylation sites (tertiary alicyclic amines) is 1. The van der Waals surface area contributed by atoms with Gasteiger partial charge in [0.2, 0.25) is 11.8 Å². The molecule has 2 aliphatic rings. The molecule has 1 aromatic rings. The number of piperazine rings is 1. The molecule has 1 aromatic carbocycles. The number of carbonyl (C=O) groups is 4. The molecule has 2 heterocycles. The number of carboxylic acids is 2. The van der Waals surface area contributed by atoms with E-state index in [0.717, 1.165) is 25.9 Å². The van der Waals surface area contributed by atoms with E-state index >= 15 is 0 Å². The van der Waals surface area contributed by atoms with Gasteiger partial charge >= 0.3 is 18.1 Å². The molecule has 0 saturated carbocycles. The summed E-state index contributed by atoms with van der Waals surface area (Å²) in [4.78, 5) is 50.6. The van der Waals surface area contributed by atoms with Crippen LogP contribution in [0, 0.1) is 0 Å². The second kappa shape index (κ2) is 12.4. The molecule has 3 rings (SSSR count). The number of hydrogen-bond donors (Lipinski definition) is 3. The molecule has 0 aromatic heterocycles. The van der Waals surface area contributed by atoms with Crippen LogP contribution in [-0.4, -0.2) is 95.8 Å². The van der Waals surface area contributed by atoms with Crippen LogP contribution in [0.3, 0.4) is 0 Å². The lowest BCUT2D eigenvalue weighted by Gasteiger charge is -2.37. The van der Waals surface area contributed by atoms with Gasteiger partial charge in [-0.25, -0.2) is 9.59 Å². The molecule has 194 valence electrons. The largest absolute Gasteiger partial charge is 0.490 e. The SMILES string of the molecule is CCC(=O)Nc1ccc(N2CCN(CC(=O)N3CCCC3)CC2)c(C(=O)O)c1.O=C(O)C(F)(F)F. The average molecular weight is 502 g/mol. The highest BCUT2D eigenvalue weighted by Crippen LogP contribution is 2.26. The molecule has 0 radical (unpaired) electrons. The van der Waals surface area contributed by atoms with Crippen LogP contribution in [0.15, 0.2) is 18.2 Å². The second-order valence-electron chi connectivity index (χ2n) is 8.09. The van der Waals surface area contributed by atoms with Crippen LogP contribution in [-0.2, 0) is 14.4 Å². The van der Waals surface area contributed by atoms with E-state index in [4.69, 9.17) is 9.90 Å². The van der Waals surface area contributed by atoms with Crippen LogP contribution in [0.4, 0.5) is 24.5 Å². The van der Waals surface area contributed by atoms with Crippen LogP contribution < -0.4 is 10.2 Å². The van der Waals surface area contributed by atoms with Gasteiger partial charge in [0.15, 0.2) is 0 Å². The Morgan fingerprint density at radius 1 is 0.971 bits per heavy atom. The lowest BCUT2D eigenvalue weighted by Crippen LogP contribution is -2.50. The Kier molecular flexibility index (Phi) is 9.87. The molecule has 10 nitrogen and oxygen atoms in total. The van der Waals surface area contributed by atoms with E-state index in [1.54, 1.807) is 19.1 Å². The number of hydrogen-bond acceptors (Lipinski definition) is 6. The van der Waals surface area contributed by atoms with E-state index in [1.807, 2.05) is 9.80 Å². The van der Waals surface area contributed by atoms with Crippen LogP contribution in [0.25, 0.3) is 0 Å². The van der Waals surface area contributed by atoms with Crippen LogP contribution in [0.1, 0.15) is 36.5 Å². The van der Waals surface area contributed by atoms with E-state index < -0.39 is 18.1 Å². The molecule has 2 aliphatic heterocycles. The molecular weight excluding hydrogens is 473 g/mol. The Morgan fingerprint density at radius 2 is 1.54 bits per heavy atom. The molecule has 0 aliphatic carbocycles. The number of carboxylic acid groups (broad SMARTS) is 2. The fourth-order valence-corrected chi connectivity index (χ4v) is 3.71. The topological polar surface area (TPSA) is 130 Å². The number of aromatic carboxylic acids is 1. The molecule has 0 unspecified atom stereocenters. The number of anilines is 2. The number of carbonyl (C=O) groups excluding carboxylic acids is 2. The maximum atomic E-state index is 12.3. The fourth-order valence-electron chi connectivity index (χ4n) is 3.71. The van der Waals surface area contributed by atoms with Crippen molar-refractivity contribution < 1.29 is 42.6 Å².